The molecule has 19 heavy (non-hydrogen) atoms. The Morgan fingerprint density at radius 2 is 1.79 bits per heavy atom. The lowest BCUT2D eigenvalue weighted by molar-refractivity contribution is 0.637. The lowest BCUT2D eigenvalue weighted by Crippen LogP contribution is -2.47. The minimum Gasteiger partial charge on any atom is -0.383 e. The van der Waals surface area contributed by atoms with Crippen LogP contribution in [0.1, 0.15) is 0 Å². The summed E-state index contributed by atoms with van der Waals surface area (Å²) in [6, 6.07) is 1.75. The molecular formula is C11H16N8. The van der Waals surface area contributed by atoms with E-state index in [1.807, 2.05) is 6.20 Å². The first kappa shape index (κ1) is 11.6. The number of rotatable bonds is 2. The van der Waals surface area contributed by atoms with E-state index in [9.17, 15) is 0 Å². The predicted octanol–water partition coefficient (Wildman–Crippen LogP) is -0.309. The molecule has 8 nitrogen and oxygen atoms in total. The Hall–Kier alpha value is -2.51. The third kappa shape index (κ3) is 2.37. The third-order valence-corrected chi connectivity index (χ3v) is 3.14. The van der Waals surface area contributed by atoms with Gasteiger partial charge in [-0.1, -0.05) is 0 Å². The minimum absolute atomic E-state index is 0.212. The van der Waals surface area contributed by atoms with Gasteiger partial charge in [-0.2, -0.15) is 9.97 Å². The molecule has 5 N–H and O–H groups in total. The second-order valence-corrected chi connectivity index (χ2v) is 4.40. The van der Waals surface area contributed by atoms with Crippen molar-refractivity contribution in [3.63, 3.8) is 0 Å². The van der Waals surface area contributed by atoms with E-state index >= 15 is 0 Å². The van der Waals surface area contributed by atoms with Crippen molar-refractivity contribution in [1.29, 1.82) is 0 Å². The largest absolute Gasteiger partial charge is 0.383 e. The van der Waals surface area contributed by atoms with Crippen molar-refractivity contribution in [2.75, 3.05) is 47.4 Å². The normalized spacial score (nSPS) is 15.8. The zero-order valence-corrected chi connectivity index (χ0v) is 10.5. The summed E-state index contributed by atoms with van der Waals surface area (Å²) in [5.74, 6) is 2.30. The first-order valence-corrected chi connectivity index (χ1v) is 6.12. The molecule has 1 fully saturated rings. The van der Waals surface area contributed by atoms with Crippen LogP contribution in [0.5, 0.6) is 0 Å². The summed E-state index contributed by atoms with van der Waals surface area (Å²) >= 11 is 0. The van der Waals surface area contributed by atoms with Gasteiger partial charge >= 0.3 is 0 Å². The molecule has 0 bridgehead atoms. The Bertz CT molecular complexity index is 524. The van der Waals surface area contributed by atoms with Gasteiger partial charge < -0.3 is 26.3 Å². The topological polar surface area (TPSA) is 113 Å². The summed E-state index contributed by atoms with van der Waals surface area (Å²) in [7, 11) is 0. The highest BCUT2D eigenvalue weighted by atomic mass is 15.3. The third-order valence-electron chi connectivity index (χ3n) is 3.14. The van der Waals surface area contributed by atoms with E-state index in [-0.39, 0.29) is 5.95 Å². The van der Waals surface area contributed by atoms with Gasteiger partial charge in [-0.05, 0) is 0 Å². The summed E-state index contributed by atoms with van der Waals surface area (Å²) in [5.41, 5.74) is 11.3. The highest BCUT2D eigenvalue weighted by Crippen LogP contribution is 2.18. The summed E-state index contributed by atoms with van der Waals surface area (Å²) in [4.78, 5) is 19.8. The van der Waals surface area contributed by atoms with Crippen molar-refractivity contribution in [3.8, 4) is 0 Å². The van der Waals surface area contributed by atoms with Crippen LogP contribution in [-0.2, 0) is 0 Å². The molecule has 0 unspecified atom stereocenters. The average Bonchev–Trinajstić information content (AvgIpc) is 2.91. The molecule has 0 saturated carbocycles. The van der Waals surface area contributed by atoms with E-state index in [0.717, 1.165) is 37.9 Å². The number of H-pyrrole nitrogens is 1. The van der Waals surface area contributed by atoms with E-state index in [2.05, 4.69) is 29.7 Å². The molecule has 0 aliphatic carbocycles. The molecule has 3 rings (SSSR count). The number of piperazine rings is 1. The van der Waals surface area contributed by atoms with Gasteiger partial charge in [0.25, 0.3) is 0 Å². The first-order valence-electron chi connectivity index (χ1n) is 6.12. The number of anilines is 4. The zero-order chi connectivity index (χ0) is 13.2. The highest BCUT2D eigenvalue weighted by molar-refractivity contribution is 5.51. The Morgan fingerprint density at radius 1 is 1.05 bits per heavy atom. The van der Waals surface area contributed by atoms with E-state index in [4.69, 9.17) is 11.5 Å². The highest BCUT2D eigenvalue weighted by Gasteiger charge is 2.20. The number of nitrogens with one attached hydrogen (secondary N) is 1. The van der Waals surface area contributed by atoms with Crippen molar-refractivity contribution in [1.82, 2.24) is 19.9 Å². The van der Waals surface area contributed by atoms with Gasteiger partial charge in [0.05, 0.1) is 0 Å². The van der Waals surface area contributed by atoms with Gasteiger partial charge in [-0.25, -0.2) is 4.98 Å². The summed E-state index contributed by atoms with van der Waals surface area (Å²) < 4.78 is 0. The van der Waals surface area contributed by atoms with Crippen LogP contribution in [0.2, 0.25) is 0 Å². The molecule has 0 amide bonds. The van der Waals surface area contributed by atoms with Crippen molar-refractivity contribution in [2.24, 2.45) is 0 Å². The number of nitrogens with two attached hydrogens (primary N) is 2. The molecule has 2 aromatic heterocycles. The monoisotopic (exact) mass is 260 g/mol. The molecule has 0 spiro atoms. The lowest BCUT2D eigenvalue weighted by atomic mass is 10.3. The first-order chi connectivity index (χ1) is 9.22. The van der Waals surface area contributed by atoms with Crippen molar-refractivity contribution >= 4 is 23.5 Å². The quantitative estimate of drug-likeness (QED) is 0.678. The standard InChI is InChI=1S/C11H16N8/c12-8-7-9(17-10(13)16-8)18-3-5-19(6-4-18)11-14-1-2-15-11/h1-2,7H,3-6H2,(H,14,15)(H4,12,13,16,17). The second-order valence-electron chi connectivity index (χ2n) is 4.40. The van der Waals surface area contributed by atoms with Gasteiger partial charge in [0.2, 0.25) is 11.9 Å². The Kier molecular flexibility index (Phi) is 2.82. The summed E-state index contributed by atoms with van der Waals surface area (Å²) in [6.45, 7) is 3.43. The van der Waals surface area contributed by atoms with Crippen LogP contribution in [0.15, 0.2) is 18.5 Å². The molecule has 1 aliphatic heterocycles. The zero-order valence-electron chi connectivity index (χ0n) is 10.5. The van der Waals surface area contributed by atoms with Crippen LogP contribution in [0, 0.1) is 0 Å². The van der Waals surface area contributed by atoms with Crippen LogP contribution in [0.25, 0.3) is 0 Å². The van der Waals surface area contributed by atoms with Crippen molar-refractivity contribution in [2.45, 2.75) is 0 Å². The number of imidazole rings is 1. The summed E-state index contributed by atoms with van der Waals surface area (Å²) in [5, 5.41) is 0. The molecule has 0 atom stereocenters. The number of nitrogens with zero attached hydrogens (tertiary/aromatic N) is 5. The van der Waals surface area contributed by atoms with Crippen LogP contribution in [0.3, 0.4) is 0 Å². The number of hydrogen-bond donors (Lipinski definition) is 3. The Morgan fingerprint density at radius 3 is 2.42 bits per heavy atom. The number of nitrogen functional groups attached to an aromatic ring is 2. The molecule has 100 valence electrons. The second kappa shape index (κ2) is 4.63. The van der Waals surface area contributed by atoms with Gasteiger partial charge in [0.1, 0.15) is 11.6 Å². The lowest BCUT2D eigenvalue weighted by Gasteiger charge is -2.35. The molecule has 2 aromatic rings. The maximum absolute atomic E-state index is 5.69. The maximum atomic E-state index is 5.69. The van der Waals surface area contributed by atoms with Gasteiger partial charge in [0.15, 0.2) is 0 Å². The molecule has 3 heterocycles. The Balaban J connectivity index is 1.70. The molecule has 0 radical (unpaired) electrons. The molecule has 0 aromatic carbocycles. The van der Waals surface area contributed by atoms with E-state index in [1.165, 1.54) is 0 Å². The van der Waals surface area contributed by atoms with Crippen molar-refractivity contribution in [3.05, 3.63) is 18.5 Å². The smallest absolute Gasteiger partial charge is 0.223 e. The number of aromatic nitrogens is 4. The summed E-state index contributed by atoms with van der Waals surface area (Å²) in [6.07, 6.45) is 3.58. The predicted molar refractivity (Wildman–Crippen MR) is 73.9 cm³/mol. The molecule has 1 aliphatic rings. The van der Waals surface area contributed by atoms with Crippen LogP contribution < -0.4 is 21.3 Å². The number of hydrogen-bond acceptors (Lipinski definition) is 7. The van der Waals surface area contributed by atoms with Gasteiger partial charge in [-0.15, -0.1) is 0 Å². The van der Waals surface area contributed by atoms with Crippen LogP contribution in [0.4, 0.5) is 23.5 Å². The average molecular weight is 260 g/mol. The van der Waals surface area contributed by atoms with Crippen molar-refractivity contribution < 1.29 is 0 Å². The number of aromatic amines is 1. The Labute approximate surface area is 110 Å². The molecule has 1 saturated heterocycles. The maximum Gasteiger partial charge on any atom is 0.223 e. The van der Waals surface area contributed by atoms with E-state index < -0.39 is 0 Å². The fourth-order valence-electron chi connectivity index (χ4n) is 2.21. The fraction of sp³-hybridized carbons (Fsp3) is 0.364. The van der Waals surface area contributed by atoms with E-state index in [0.29, 0.717) is 5.82 Å². The van der Waals surface area contributed by atoms with Crippen LogP contribution >= 0.6 is 0 Å². The van der Waals surface area contributed by atoms with Crippen LogP contribution in [-0.4, -0.2) is 46.1 Å². The van der Waals surface area contributed by atoms with E-state index in [1.54, 1.807) is 12.3 Å². The SMILES string of the molecule is Nc1cc(N2CCN(c3ncc[nH]3)CC2)nc(N)n1. The molecular weight excluding hydrogens is 244 g/mol. The molecule has 8 heteroatoms. The minimum atomic E-state index is 0.212. The van der Waals surface area contributed by atoms with Gasteiger partial charge in [0, 0.05) is 44.6 Å². The van der Waals surface area contributed by atoms with Gasteiger partial charge in [-0.3, -0.25) is 0 Å². The fourth-order valence-corrected chi connectivity index (χ4v) is 2.21.